The standard InChI is InChI=1S/C13H30B2N3O4P/c1-10-5-18(8-13(15)21-10)23(19,16(2)3)20-9-11-6-17(4)7-12(14)22-11/h10-13H,5-9,14-15H2,1-4H3. The minimum atomic E-state index is -3.06. The Hall–Kier alpha value is 0.120. The van der Waals surface area contributed by atoms with Gasteiger partial charge >= 0.3 is 7.67 Å². The van der Waals surface area contributed by atoms with E-state index in [4.69, 9.17) is 14.0 Å². The molecule has 0 bridgehead atoms. The molecule has 5 unspecified atom stereocenters. The third-order valence-corrected chi connectivity index (χ3v) is 6.74. The average molecular weight is 345 g/mol. The number of ether oxygens (including phenoxy) is 2. The number of nitrogens with zero attached hydrogens (tertiary/aromatic N) is 3. The van der Waals surface area contributed by atoms with Gasteiger partial charge in [-0.25, -0.2) is 9.34 Å². The van der Waals surface area contributed by atoms with E-state index in [2.05, 4.69) is 19.8 Å². The maximum absolute atomic E-state index is 13.5. The molecule has 0 saturated carbocycles. The first kappa shape index (κ1) is 19.4. The summed E-state index contributed by atoms with van der Waals surface area (Å²) in [5, 5.41) is 0. The van der Waals surface area contributed by atoms with Crippen LogP contribution in [0, 0.1) is 0 Å². The van der Waals surface area contributed by atoms with Gasteiger partial charge in [-0.15, -0.1) is 0 Å². The predicted octanol–water partition coefficient (Wildman–Crippen LogP) is -1.36. The fourth-order valence-corrected chi connectivity index (χ4v) is 5.49. The molecule has 2 heterocycles. The van der Waals surface area contributed by atoms with Crippen molar-refractivity contribution in [3.63, 3.8) is 0 Å². The first-order valence-corrected chi connectivity index (χ1v) is 9.91. The van der Waals surface area contributed by atoms with E-state index in [1.807, 2.05) is 33.5 Å². The van der Waals surface area contributed by atoms with Crippen LogP contribution in [0.5, 0.6) is 0 Å². The molecular weight excluding hydrogens is 315 g/mol. The number of hydrogen-bond donors (Lipinski definition) is 0. The lowest BCUT2D eigenvalue weighted by Gasteiger charge is -2.42. The van der Waals surface area contributed by atoms with Gasteiger partial charge in [0.1, 0.15) is 15.7 Å². The Morgan fingerprint density at radius 3 is 2.39 bits per heavy atom. The van der Waals surface area contributed by atoms with E-state index >= 15 is 0 Å². The van der Waals surface area contributed by atoms with Crippen molar-refractivity contribution >= 4 is 23.4 Å². The maximum atomic E-state index is 13.5. The topological polar surface area (TPSA) is 54.5 Å². The summed E-state index contributed by atoms with van der Waals surface area (Å²) in [7, 11) is 6.69. The lowest BCUT2D eigenvalue weighted by atomic mass is 9.98. The smallest absolute Gasteiger partial charge is 0.345 e. The van der Waals surface area contributed by atoms with E-state index in [-0.39, 0.29) is 24.2 Å². The largest absolute Gasteiger partial charge is 0.382 e. The fraction of sp³-hybridized carbons (Fsp3) is 1.00. The Morgan fingerprint density at radius 1 is 1.17 bits per heavy atom. The van der Waals surface area contributed by atoms with Crippen LogP contribution >= 0.6 is 7.67 Å². The summed E-state index contributed by atoms with van der Waals surface area (Å²) in [6.45, 7) is 5.28. The first-order chi connectivity index (χ1) is 10.7. The Bertz CT molecular complexity index is 425. The summed E-state index contributed by atoms with van der Waals surface area (Å²) in [5.41, 5.74) is 0. The zero-order valence-corrected chi connectivity index (χ0v) is 16.2. The highest BCUT2D eigenvalue weighted by molar-refractivity contribution is 7.53. The summed E-state index contributed by atoms with van der Waals surface area (Å²) in [4.78, 5) is 2.22. The lowest BCUT2D eigenvalue weighted by molar-refractivity contribution is -0.0643. The van der Waals surface area contributed by atoms with Crippen LogP contribution in [0.3, 0.4) is 0 Å². The molecule has 2 rings (SSSR count). The summed E-state index contributed by atoms with van der Waals surface area (Å²) in [6.07, 6.45) is 0.000577. The summed E-state index contributed by atoms with van der Waals surface area (Å²) < 4.78 is 34.7. The van der Waals surface area contributed by atoms with Gasteiger partial charge in [0, 0.05) is 38.2 Å². The lowest BCUT2D eigenvalue weighted by Crippen LogP contribution is -2.49. The van der Waals surface area contributed by atoms with E-state index in [1.54, 1.807) is 4.67 Å². The van der Waals surface area contributed by atoms with Crippen molar-refractivity contribution < 1.29 is 18.6 Å². The maximum Gasteiger partial charge on any atom is 0.345 e. The quantitative estimate of drug-likeness (QED) is 0.451. The van der Waals surface area contributed by atoms with Crippen LogP contribution in [0.1, 0.15) is 6.92 Å². The van der Waals surface area contributed by atoms with E-state index in [9.17, 15) is 4.57 Å². The van der Waals surface area contributed by atoms with Crippen molar-refractivity contribution in [2.45, 2.75) is 31.1 Å². The van der Waals surface area contributed by atoms with E-state index < -0.39 is 7.67 Å². The number of rotatable bonds is 5. The number of likely N-dealkylation sites (N-methyl/N-ethyl adjacent to an activating group) is 1. The van der Waals surface area contributed by atoms with Gasteiger partial charge in [-0.3, -0.25) is 4.57 Å². The van der Waals surface area contributed by atoms with Crippen LogP contribution in [0.15, 0.2) is 0 Å². The zero-order chi connectivity index (χ0) is 17.2. The minimum absolute atomic E-state index is 0.0482. The second-order valence-corrected chi connectivity index (χ2v) is 9.66. The second-order valence-electron chi connectivity index (χ2n) is 7.05. The third kappa shape index (κ3) is 5.05. The van der Waals surface area contributed by atoms with Gasteiger partial charge in [-0.05, 0) is 28.1 Å². The molecule has 0 amide bonds. The Kier molecular flexibility index (Phi) is 6.76. The van der Waals surface area contributed by atoms with Crippen LogP contribution in [-0.4, -0.2) is 108 Å². The molecule has 132 valence electrons. The predicted molar refractivity (Wildman–Crippen MR) is 96.4 cm³/mol. The Labute approximate surface area is 142 Å². The van der Waals surface area contributed by atoms with Gasteiger partial charge in [0.15, 0.2) is 0 Å². The summed E-state index contributed by atoms with van der Waals surface area (Å²) in [6, 6.07) is 0.220. The molecule has 0 aromatic rings. The highest BCUT2D eigenvalue weighted by atomic mass is 31.2. The van der Waals surface area contributed by atoms with Crippen molar-refractivity contribution in [3.8, 4) is 0 Å². The number of hydrogen-bond acceptors (Lipinski definition) is 5. The van der Waals surface area contributed by atoms with Gasteiger partial charge in [0.2, 0.25) is 0 Å². The molecule has 2 aliphatic rings. The van der Waals surface area contributed by atoms with E-state index in [0.717, 1.165) is 13.1 Å². The third-order valence-electron chi connectivity index (χ3n) is 4.20. The van der Waals surface area contributed by atoms with Crippen LogP contribution in [-0.2, 0) is 18.6 Å². The van der Waals surface area contributed by atoms with Crippen molar-refractivity contribution in [3.05, 3.63) is 0 Å². The van der Waals surface area contributed by atoms with Crippen molar-refractivity contribution in [1.82, 2.24) is 14.2 Å². The molecule has 0 N–H and O–H groups in total. The molecule has 0 spiro atoms. The van der Waals surface area contributed by atoms with E-state index in [1.165, 1.54) is 0 Å². The van der Waals surface area contributed by atoms with Crippen molar-refractivity contribution in [2.24, 2.45) is 0 Å². The average Bonchev–Trinajstić information content (AvgIpc) is 2.42. The molecule has 2 aliphatic heterocycles. The molecule has 10 heteroatoms. The molecule has 0 radical (unpaired) electrons. The van der Waals surface area contributed by atoms with Crippen molar-refractivity contribution in [1.29, 1.82) is 0 Å². The molecule has 23 heavy (non-hydrogen) atoms. The molecule has 7 nitrogen and oxygen atoms in total. The molecule has 2 fully saturated rings. The van der Waals surface area contributed by atoms with Crippen LogP contribution < -0.4 is 0 Å². The van der Waals surface area contributed by atoms with Gasteiger partial charge in [-0.2, -0.15) is 0 Å². The van der Waals surface area contributed by atoms with Gasteiger partial charge < -0.3 is 18.9 Å². The first-order valence-electron chi connectivity index (χ1n) is 8.38. The van der Waals surface area contributed by atoms with E-state index in [0.29, 0.717) is 19.7 Å². The Balaban J connectivity index is 2.01. The molecule has 5 atom stereocenters. The highest BCUT2D eigenvalue weighted by Gasteiger charge is 2.40. The second kappa shape index (κ2) is 8.00. The molecular formula is C13H30B2N3O4P. The Morgan fingerprint density at radius 2 is 1.83 bits per heavy atom. The number of morpholine rings is 2. The minimum Gasteiger partial charge on any atom is -0.382 e. The molecule has 0 aliphatic carbocycles. The monoisotopic (exact) mass is 345 g/mol. The van der Waals surface area contributed by atoms with Gasteiger partial charge in [-0.1, -0.05) is 0 Å². The van der Waals surface area contributed by atoms with Crippen LogP contribution in [0.25, 0.3) is 0 Å². The van der Waals surface area contributed by atoms with Gasteiger partial charge in [0.25, 0.3) is 0 Å². The SMILES string of the molecule is BC1CN(P(=O)(OCC2CN(C)CC(B)O2)N(C)C)CC(C)O1. The normalized spacial score (nSPS) is 36.9. The van der Waals surface area contributed by atoms with Crippen molar-refractivity contribution in [2.75, 3.05) is 53.9 Å². The molecule has 0 aromatic heterocycles. The molecule has 2 saturated heterocycles. The fourth-order valence-electron chi connectivity index (χ4n) is 3.36. The van der Waals surface area contributed by atoms with Crippen LogP contribution in [0.4, 0.5) is 0 Å². The van der Waals surface area contributed by atoms with Crippen LogP contribution in [0.2, 0.25) is 0 Å². The summed E-state index contributed by atoms with van der Waals surface area (Å²) in [5.74, 6) is 0. The summed E-state index contributed by atoms with van der Waals surface area (Å²) >= 11 is 0. The molecule has 0 aromatic carbocycles. The zero-order valence-electron chi connectivity index (χ0n) is 15.3. The van der Waals surface area contributed by atoms with Gasteiger partial charge in [0.05, 0.1) is 18.8 Å². The highest BCUT2D eigenvalue weighted by Crippen LogP contribution is 2.53.